The Balaban J connectivity index is 1.42. The van der Waals surface area contributed by atoms with Crippen LogP contribution in [-0.2, 0) is 32.3 Å². The smallest absolute Gasteiger partial charge is 0.408 e. The lowest BCUT2D eigenvalue weighted by Gasteiger charge is -2.33. The van der Waals surface area contributed by atoms with E-state index in [9.17, 15) is 33.1 Å². The fraction of sp³-hybridized carbons (Fsp3) is 0.381. The first-order valence-corrected chi connectivity index (χ1v) is 18.3. The topological polar surface area (TPSA) is 151 Å². The van der Waals surface area contributed by atoms with E-state index in [1.807, 2.05) is 79.9 Å². The van der Waals surface area contributed by atoms with Crippen molar-refractivity contribution < 1.29 is 37.8 Å². The molecule has 294 valence electrons. The van der Waals surface area contributed by atoms with Gasteiger partial charge in [-0.15, -0.1) is 0 Å². The van der Waals surface area contributed by atoms with Gasteiger partial charge in [0.1, 0.15) is 36.4 Å². The summed E-state index contributed by atoms with van der Waals surface area (Å²) in [6, 6.07) is 20.0. The summed E-state index contributed by atoms with van der Waals surface area (Å²) in [6.07, 6.45) is 0.970. The largest absolute Gasteiger partial charge is 0.480 e. The molecule has 1 heterocycles. The van der Waals surface area contributed by atoms with E-state index in [0.29, 0.717) is 12.1 Å². The van der Waals surface area contributed by atoms with Crippen molar-refractivity contribution in [1.29, 1.82) is 0 Å². The maximum Gasteiger partial charge on any atom is 0.408 e. The number of carboxylic acids is 1. The van der Waals surface area contributed by atoms with Crippen LogP contribution in [0.3, 0.4) is 0 Å². The van der Waals surface area contributed by atoms with Gasteiger partial charge in [-0.1, -0.05) is 95.3 Å². The predicted octanol–water partition coefficient (Wildman–Crippen LogP) is 6.57. The molecule has 55 heavy (non-hydrogen) atoms. The Labute approximate surface area is 320 Å². The van der Waals surface area contributed by atoms with Crippen LogP contribution >= 0.6 is 0 Å². The molecule has 4 rings (SSSR count). The Morgan fingerprint density at radius 3 is 2.05 bits per heavy atom. The maximum absolute atomic E-state index is 14.9. The highest BCUT2D eigenvalue weighted by Gasteiger charge is 2.32. The molecule has 0 aliphatic heterocycles. The number of hydrogen-bond donors (Lipinski definition) is 5. The summed E-state index contributed by atoms with van der Waals surface area (Å²) in [5.74, 6) is -4.10. The molecule has 0 bridgehead atoms. The summed E-state index contributed by atoms with van der Waals surface area (Å²) in [7, 11) is 0. The van der Waals surface area contributed by atoms with Gasteiger partial charge in [0.05, 0.1) is 6.04 Å². The van der Waals surface area contributed by atoms with E-state index in [1.165, 1.54) is 6.92 Å². The van der Waals surface area contributed by atoms with Crippen molar-refractivity contribution in [3.63, 3.8) is 0 Å². The number of halogens is 2. The van der Waals surface area contributed by atoms with Crippen LogP contribution in [0.2, 0.25) is 0 Å². The molecule has 0 radical (unpaired) electrons. The number of amides is 3. The average molecular weight is 760 g/mol. The summed E-state index contributed by atoms with van der Waals surface area (Å²) in [5.41, 5.74) is 2.72. The Morgan fingerprint density at radius 2 is 1.45 bits per heavy atom. The van der Waals surface area contributed by atoms with Gasteiger partial charge in [0, 0.05) is 29.6 Å². The van der Waals surface area contributed by atoms with Crippen molar-refractivity contribution in [2.24, 2.45) is 11.3 Å². The van der Waals surface area contributed by atoms with Crippen LogP contribution in [0, 0.1) is 23.0 Å². The molecular formula is C42H51F2N5O6. The fourth-order valence-electron chi connectivity index (χ4n) is 6.13. The van der Waals surface area contributed by atoms with Crippen LogP contribution in [0.4, 0.5) is 13.6 Å². The van der Waals surface area contributed by atoms with Crippen LogP contribution in [0.5, 0.6) is 0 Å². The summed E-state index contributed by atoms with van der Waals surface area (Å²) in [6.45, 7) is 11.5. The average Bonchev–Trinajstić information content (AvgIpc) is 3.54. The molecule has 0 unspecified atom stereocenters. The third-order valence-corrected chi connectivity index (χ3v) is 9.11. The molecule has 0 aliphatic rings. The number of carbonyl (C=O) groups excluding carboxylic acids is 3. The third kappa shape index (κ3) is 12.2. The molecule has 4 aromatic rings. The number of hydrogen-bond acceptors (Lipinski definition) is 6. The molecule has 0 spiro atoms. The minimum Gasteiger partial charge on any atom is -0.480 e. The number of nitrogens with one attached hydrogen (secondary N) is 4. The zero-order valence-electron chi connectivity index (χ0n) is 32.1. The van der Waals surface area contributed by atoms with Crippen LogP contribution in [0.15, 0.2) is 91.1 Å². The lowest BCUT2D eigenvalue weighted by atomic mass is 9.84. The zero-order valence-corrected chi connectivity index (χ0v) is 32.1. The number of carbonyl (C=O) groups is 4. The monoisotopic (exact) mass is 759 g/mol. The van der Waals surface area contributed by atoms with Crippen molar-refractivity contribution in [3.8, 4) is 11.1 Å². The van der Waals surface area contributed by atoms with Gasteiger partial charge in [-0.3, -0.25) is 9.59 Å². The second-order valence-electron chi connectivity index (χ2n) is 15.0. The Morgan fingerprint density at radius 1 is 0.818 bits per heavy atom. The normalized spacial score (nSPS) is 13.7. The quantitative estimate of drug-likeness (QED) is 0.0817. The van der Waals surface area contributed by atoms with Gasteiger partial charge in [-0.25, -0.2) is 18.4 Å². The van der Waals surface area contributed by atoms with Crippen molar-refractivity contribution in [1.82, 2.24) is 25.8 Å². The van der Waals surface area contributed by atoms with E-state index in [1.54, 1.807) is 32.2 Å². The predicted molar refractivity (Wildman–Crippen MR) is 206 cm³/mol. The Bertz CT molecular complexity index is 1910. The number of aliphatic carboxylic acids is 1. The first-order chi connectivity index (χ1) is 26.0. The zero-order chi connectivity index (χ0) is 40.3. The lowest BCUT2D eigenvalue weighted by molar-refractivity contribution is -0.142. The second kappa shape index (κ2) is 19.2. The molecule has 0 saturated carbocycles. The van der Waals surface area contributed by atoms with Crippen LogP contribution < -0.4 is 21.3 Å². The SMILES string of the molecule is CC(C)[C@H](NC(=O)OCc1ccccc1)C(=O)N[C@@H](C)C(=O)N[C@@H](CCN[C@@H](c1cc(-c2cc(F)ccc2F)cn1Cc1ccccc1)C(C)(C)C)C(=O)O. The molecule has 11 nitrogen and oxygen atoms in total. The maximum atomic E-state index is 14.9. The van der Waals surface area contributed by atoms with E-state index in [4.69, 9.17) is 4.74 Å². The van der Waals surface area contributed by atoms with Crippen molar-refractivity contribution >= 4 is 23.9 Å². The van der Waals surface area contributed by atoms with E-state index in [0.717, 1.165) is 35.0 Å². The Hall–Kier alpha value is -5.56. The van der Waals surface area contributed by atoms with Gasteiger partial charge in [-0.05, 0) is 66.6 Å². The highest BCUT2D eigenvalue weighted by Crippen LogP contribution is 2.37. The number of ether oxygens (including phenoxy) is 1. The van der Waals surface area contributed by atoms with E-state index < -0.39 is 59.1 Å². The number of alkyl carbamates (subject to hydrolysis) is 1. The molecule has 0 fully saturated rings. The molecule has 0 saturated heterocycles. The summed E-state index contributed by atoms with van der Waals surface area (Å²) >= 11 is 0. The molecule has 13 heteroatoms. The van der Waals surface area contributed by atoms with Gasteiger partial charge in [0.25, 0.3) is 0 Å². The molecule has 3 aromatic carbocycles. The summed E-state index contributed by atoms with van der Waals surface area (Å²) in [5, 5.41) is 21.1. The highest BCUT2D eigenvalue weighted by molar-refractivity contribution is 5.92. The van der Waals surface area contributed by atoms with Crippen molar-refractivity contribution in [3.05, 3.63) is 120 Å². The summed E-state index contributed by atoms with van der Waals surface area (Å²) < 4.78 is 36.4. The van der Waals surface area contributed by atoms with Crippen molar-refractivity contribution in [2.75, 3.05) is 6.54 Å². The minimum absolute atomic E-state index is 0.0101. The molecule has 3 amide bonds. The number of aromatic nitrogens is 1. The molecule has 5 N–H and O–H groups in total. The number of nitrogens with zero attached hydrogens (tertiary/aromatic N) is 1. The highest BCUT2D eigenvalue weighted by atomic mass is 19.1. The van der Waals surface area contributed by atoms with Crippen molar-refractivity contribution in [2.45, 2.75) is 85.3 Å². The summed E-state index contributed by atoms with van der Waals surface area (Å²) in [4.78, 5) is 51.1. The van der Waals surface area contributed by atoms with E-state index in [2.05, 4.69) is 21.3 Å². The first kappa shape index (κ1) is 42.2. The Kier molecular flexibility index (Phi) is 14.7. The van der Waals surface area contributed by atoms with Gasteiger partial charge in [0.2, 0.25) is 11.8 Å². The minimum atomic E-state index is -1.31. The van der Waals surface area contributed by atoms with Crippen LogP contribution in [0.25, 0.3) is 11.1 Å². The number of rotatable bonds is 17. The third-order valence-electron chi connectivity index (χ3n) is 9.11. The standard InChI is InChI=1S/C42H51F2N5O6/c1-26(2)36(48-41(54)55-25-29-15-11-8-12-16-29)39(51)46-27(3)38(50)47-34(40(52)53)19-20-45-37(42(4,5)6)35-21-30(32-22-31(43)17-18-33(32)44)24-49(35)23-28-13-9-7-10-14-28/h7-18,21-22,24,26-27,34,36-37,45H,19-20,23,25H2,1-6H3,(H,46,51)(H,47,50)(H,48,54)(H,52,53)/t27-,34-,36-,37-/m0/s1. The van der Waals surface area contributed by atoms with Gasteiger partial charge in [-0.2, -0.15) is 0 Å². The van der Waals surface area contributed by atoms with Crippen LogP contribution in [0.1, 0.15) is 70.8 Å². The molecular weight excluding hydrogens is 708 g/mol. The number of carboxylic acid groups (broad SMARTS) is 1. The molecule has 4 atom stereocenters. The van der Waals surface area contributed by atoms with Gasteiger partial charge in [0.15, 0.2) is 0 Å². The van der Waals surface area contributed by atoms with E-state index in [-0.39, 0.29) is 37.1 Å². The second-order valence-corrected chi connectivity index (χ2v) is 15.0. The molecule has 0 aliphatic carbocycles. The number of benzene rings is 3. The van der Waals surface area contributed by atoms with Gasteiger partial charge < -0.3 is 35.7 Å². The van der Waals surface area contributed by atoms with E-state index >= 15 is 0 Å². The molecule has 1 aromatic heterocycles. The fourth-order valence-corrected chi connectivity index (χ4v) is 6.13. The van der Waals surface area contributed by atoms with Gasteiger partial charge >= 0.3 is 12.1 Å². The van der Waals surface area contributed by atoms with Crippen LogP contribution in [-0.4, -0.2) is 58.2 Å². The lowest BCUT2D eigenvalue weighted by Crippen LogP contribution is -2.56. The first-order valence-electron chi connectivity index (χ1n) is 18.3.